The third kappa shape index (κ3) is 5.00. The lowest BCUT2D eigenvalue weighted by Gasteiger charge is -2.11. The van der Waals surface area contributed by atoms with Crippen LogP contribution in [0, 0.1) is 0 Å². The van der Waals surface area contributed by atoms with Gasteiger partial charge in [0.2, 0.25) is 0 Å². The molecule has 2 N–H and O–H groups in total. The van der Waals surface area contributed by atoms with Crippen molar-refractivity contribution < 1.29 is 0 Å². The van der Waals surface area contributed by atoms with E-state index < -0.39 is 0 Å². The maximum atomic E-state index is 4.46. The van der Waals surface area contributed by atoms with Gasteiger partial charge >= 0.3 is 0 Å². The van der Waals surface area contributed by atoms with Crippen LogP contribution in [0.1, 0.15) is 5.56 Å². The summed E-state index contributed by atoms with van der Waals surface area (Å²) in [5.41, 5.74) is 2.32. The molecule has 2 rings (SSSR count). The fraction of sp³-hybridized carbons (Fsp3) is 0.250. The maximum Gasteiger partial charge on any atom is 0.191 e. The minimum atomic E-state index is 0. The number of para-hydroxylation sites is 1. The average molecular weight is 396 g/mol. The van der Waals surface area contributed by atoms with Gasteiger partial charge in [0.15, 0.2) is 5.96 Å². The van der Waals surface area contributed by atoms with E-state index in [-0.39, 0.29) is 24.0 Å². The number of rotatable bonds is 5. The summed E-state index contributed by atoms with van der Waals surface area (Å²) in [6.07, 6.45) is 4.55. The number of nitrogens with one attached hydrogen (secondary N) is 2. The van der Waals surface area contributed by atoms with Crippen LogP contribution in [-0.2, 0) is 6.42 Å². The maximum absolute atomic E-state index is 4.46. The molecule has 4 nitrogen and oxygen atoms in total. The summed E-state index contributed by atoms with van der Waals surface area (Å²) in [7, 11) is 1.76. The summed E-state index contributed by atoms with van der Waals surface area (Å²) in [5, 5.41) is 7.61. The van der Waals surface area contributed by atoms with Gasteiger partial charge in [0.25, 0.3) is 0 Å². The Morgan fingerprint density at radius 1 is 1.29 bits per heavy atom. The van der Waals surface area contributed by atoms with Gasteiger partial charge < -0.3 is 10.6 Å². The smallest absolute Gasteiger partial charge is 0.191 e. The van der Waals surface area contributed by atoms with E-state index in [0.29, 0.717) is 6.54 Å². The second kappa shape index (κ2) is 9.33. The first-order valence-electron chi connectivity index (χ1n) is 6.73. The van der Waals surface area contributed by atoms with Crippen molar-refractivity contribution in [2.75, 3.05) is 20.1 Å². The zero-order valence-corrected chi connectivity index (χ0v) is 14.5. The van der Waals surface area contributed by atoms with Gasteiger partial charge in [-0.25, -0.2) is 0 Å². The predicted octanol–water partition coefficient (Wildman–Crippen LogP) is 2.75. The number of fused-ring (bicyclic) bond motifs is 1. The van der Waals surface area contributed by atoms with Gasteiger partial charge in [-0.05, 0) is 18.1 Å². The van der Waals surface area contributed by atoms with Crippen molar-refractivity contribution in [1.29, 1.82) is 0 Å². The third-order valence-electron chi connectivity index (χ3n) is 3.04. The summed E-state index contributed by atoms with van der Waals surface area (Å²) in [4.78, 5) is 8.61. The third-order valence-corrected chi connectivity index (χ3v) is 3.04. The lowest BCUT2D eigenvalue weighted by molar-refractivity contribution is 0.824. The molecule has 21 heavy (non-hydrogen) atoms. The van der Waals surface area contributed by atoms with Crippen LogP contribution in [0.5, 0.6) is 0 Å². The van der Waals surface area contributed by atoms with Crippen LogP contribution >= 0.6 is 24.0 Å². The number of halogens is 1. The summed E-state index contributed by atoms with van der Waals surface area (Å²) in [5.74, 6) is 0.790. The van der Waals surface area contributed by atoms with Gasteiger partial charge in [-0.3, -0.25) is 9.98 Å². The van der Waals surface area contributed by atoms with Crippen molar-refractivity contribution in [2.24, 2.45) is 4.99 Å². The highest BCUT2D eigenvalue weighted by Crippen LogP contribution is 2.15. The number of hydrogen-bond donors (Lipinski definition) is 2. The van der Waals surface area contributed by atoms with Crippen molar-refractivity contribution in [3.05, 3.63) is 54.7 Å². The van der Waals surface area contributed by atoms with Crippen LogP contribution in [0.3, 0.4) is 0 Å². The normalized spacial score (nSPS) is 10.8. The molecule has 1 aromatic heterocycles. The zero-order valence-electron chi connectivity index (χ0n) is 12.2. The molecule has 0 amide bonds. The average Bonchev–Trinajstić information content (AvgIpc) is 2.51. The fourth-order valence-electron chi connectivity index (χ4n) is 2.07. The molecule has 112 valence electrons. The Morgan fingerprint density at radius 2 is 2.10 bits per heavy atom. The van der Waals surface area contributed by atoms with Crippen LogP contribution in [-0.4, -0.2) is 31.1 Å². The van der Waals surface area contributed by atoms with E-state index in [1.165, 1.54) is 10.9 Å². The number of benzene rings is 1. The molecule has 1 aromatic carbocycles. The van der Waals surface area contributed by atoms with E-state index in [4.69, 9.17) is 0 Å². The SMILES string of the molecule is C=CCNC(=NC)NCCc1cccc2cccnc12.I. The van der Waals surface area contributed by atoms with E-state index in [0.717, 1.165) is 24.4 Å². The molecule has 0 bridgehead atoms. The van der Waals surface area contributed by atoms with Gasteiger partial charge in [-0.2, -0.15) is 0 Å². The Morgan fingerprint density at radius 3 is 2.86 bits per heavy atom. The van der Waals surface area contributed by atoms with Crippen LogP contribution < -0.4 is 10.6 Å². The van der Waals surface area contributed by atoms with Gasteiger partial charge in [0, 0.05) is 31.7 Å². The Labute approximate surface area is 142 Å². The van der Waals surface area contributed by atoms with E-state index >= 15 is 0 Å². The first-order chi connectivity index (χ1) is 9.85. The molecule has 0 fully saturated rings. The lowest BCUT2D eigenvalue weighted by Crippen LogP contribution is -2.38. The van der Waals surface area contributed by atoms with Crippen molar-refractivity contribution in [2.45, 2.75) is 6.42 Å². The fourth-order valence-corrected chi connectivity index (χ4v) is 2.07. The zero-order chi connectivity index (χ0) is 14.2. The molecule has 2 aromatic rings. The molecule has 0 aliphatic carbocycles. The molecule has 0 saturated heterocycles. The Hall–Kier alpha value is -1.63. The highest BCUT2D eigenvalue weighted by Gasteiger charge is 2.02. The van der Waals surface area contributed by atoms with Crippen molar-refractivity contribution in [3.8, 4) is 0 Å². The molecular formula is C16H21IN4. The van der Waals surface area contributed by atoms with E-state index in [2.05, 4.69) is 51.5 Å². The first kappa shape index (κ1) is 17.4. The largest absolute Gasteiger partial charge is 0.356 e. The van der Waals surface area contributed by atoms with Crippen molar-refractivity contribution in [3.63, 3.8) is 0 Å². The number of pyridine rings is 1. The highest BCUT2D eigenvalue weighted by atomic mass is 127. The highest BCUT2D eigenvalue weighted by molar-refractivity contribution is 14.0. The number of aromatic nitrogens is 1. The monoisotopic (exact) mass is 396 g/mol. The number of nitrogens with zero attached hydrogens (tertiary/aromatic N) is 2. The Balaban J connectivity index is 0.00000220. The van der Waals surface area contributed by atoms with Crippen molar-refractivity contribution >= 4 is 40.8 Å². The predicted molar refractivity (Wildman–Crippen MR) is 100 cm³/mol. The summed E-state index contributed by atoms with van der Waals surface area (Å²) in [6, 6.07) is 10.3. The molecule has 0 radical (unpaired) electrons. The Bertz CT molecular complexity index is 605. The number of guanidine groups is 1. The van der Waals surface area contributed by atoms with Gasteiger partial charge in [-0.1, -0.05) is 30.3 Å². The lowest BCUT2D eigenvalue weighted by atomic mass is 10.1. The summed E-state index contributed by atoms with van der Waals surface area (Å²) >= 11 is 0. The molecule has 1 heterocycles. The second-order valence-electron chi connectivity index (χ2n) is 4.41. The van der Waals surface area contributed by atoms with Gasteiger partial charge in [-0.15, -0.1) is 30.6 Å². The molecule has 0 spiro atoms. The van der Waals surface area contributed by atoms with Crippen LogP contribution in [0.2, 0.25) is 0 Å². The van der Waals surface area contributed by atoms with Crippen molar-refractivity contribution in [1.82, 2.24) is 15.6 Å². The van der Waals surface area contributed by atoms with Crippen LogP contribution in [0.4, 0.5) is 0 Å². The quantitative estimate of drug-likeness (QED) is 0.354. The minimum absolute atomic E-state index is 0. The molecular weight excluding hydrogens is 375 g/mol. The molecule has 0 saturated carbocycles. The van der Waals surface area contributed by atoms with Gasteiger partial charge in [0.05, 0.1) is 5.52 Å². The second-order valence-corrected chi connectivity index (χ2v) is 4.41. The van der Waals surface area contributed by atoms with E-state index in [9.17, 15) is 0 Å². The van der Waals surface area contributed by atoms with Crippen LogP contribution in [0.25, 0.3) is 10.9 Å². The standard InChI is InChI=1S/C16H20N4.HI/c1-3-10-19-16(17-2)20-12-9-14-7-4-6-13-8-5-11-18-15(13)14;/h3-8,11H,1,9-10,12H2,2H3,(H2,17,19,20);1H. The molecule has 0 aliphatic rings. The summed E-state index contributed by atoms with van der Waals surface area (Å²) in [6.45, 7) is 5.19. The van der Waals surface area contributed by atoms with E-state index in [1.807, 2.05) is 18.3 Å². The molecule has 5 heteroatoms. The molecule has 0 unspecified atom stereocenters. The van der Waals surface area contributed by atoms with Gasteiger partial charge in [0.1, 0.15) is 0 Å². The Kier molecular flexibility index (Phi) is 7.74. The summed E-state index contributed by atoms with van der Waals surface area (Å²) < 4.78 is 0. The topological polar surface area (TPSA) is 49.3 Å². The minimum Gasteiger partial charge on any atom is -0.356 e. The first-order valence-corrected chi connectivity index (χ1v) is 6.73. The molecule has 0 aliphatic heterocycles. The van der Waals surface area contributed by atoms with E-state index in [1.54, 1.807) is 7.05 Å². The number of aliphatic imine (C=N–C) groups is 1. The number of hydrogen-bond acceptors (Lipinski definition) is 2. The molecule has 0 atom stereocenters. The van der Waals surface area contributed by atoms with Crippen LogP contribution in [0.15, 0.2) is 54.2 Å².